The molecule has 140 valence electrons. The molecule has 1 aliphatic carbocycles. The number of ketones is 1. The summed E-state index contributed by atoms with van der Waals surface area (Å²) in [4.78, 5) is 31.2. The third kappa shape index (κ3) is 3.58. The number of hydrogen-bond acceptors (Lipinski definition) is 6. The highest BCUT2D eigenvalue weighted by atomic mass is 32.2. The average Bonchev–Trinajstić information content (AvgIpc) is 3.53. The molecule has 4 rings (SSSR count). The fourth-order valence-corrected chi connectivity index (χ4v) is 4.78. The fourth-order valence-electron chi connectivity index (χ4n) is 3.10. The Kier molecular flexibility index (Phi) is 5.14. The van der Waals surface area contributed by atoms with Gasteiger partial charge in [0.15, 0.2) is 5.78 Å². The van der Waals surface area contributed by atoms with Crippen LogP contribution in [0.15, 0.2) is 34.2 Å². The predicted octanol–water partition coefficient (Wildman–Crippen LogP) is 5.09. The quantitative estimate of drug-likeness (QED) is 0.539. The topological polar surface area (TPSA) is 71.1 Å². The van der Waals surface area contributed by atoms with Crippen LogP contribution in [0.2, 0.25) is 0 Å². The summed E-state index contributed by atoms with van der Waals surface area (Å²) in [5, 5.41) is 6.48. The van der Waals surface area contributed by atoms with Crippen molar-refractivity contribution < 1.29 is 9.59 Å². The third-order valence-electron chi connectivity index (χ3n) is 4.80. The Hall–Kier alpha value is -1.99. The highest BCUT2D eigenvalue weighted by Gasteiger charge is 2.31. The van der Waals surface area contributed by atoms with Crippen LogP contribution < -0.4 is 10.6 Å². The lowest BCUT2D eigenvalue weighted by molar-refractivity contribution is -0.117. The molecule has 2 aromatic rings. The minimum Gasteiger partial charge on any atom is -0.353 e. The van der Waals surface area contributed by atoms with Crippen molar-refractivity contribution in [3.8, 4) is 0 Å². The molecular weight excluding hydrogens is 378 g/mol. The molecule has 2 aliphatic rings. The Morgan fingerprint density at radius 3 is 2.85 bits per heavy atom. The number of amides is 1. The number of pyridine rings is 1. The predicted molar refractivity (Wildman–Crippen MR) is 111 cm³/mol. The number of fused-ring (bicyclic) bond motifs is 2. The lowest BCUT2D eigenvalue weighted by Crippen LogP contribution is -2.16. The summed E-state index contributed by atoms with van der Waals surface area (Å²) < 4.78 is 0. The second-order valence-corrected chi connectivity index (χ2v) is 8.51. The smallest absolute Gasteiger partial charge is 0.228 e. The van der Waals surface area contributed by atoms with Crippen LogP contribution in [0.3, 0.4) is 0 Å². The molecule has 0 spiro atoms. The van der Waals surface area contributed by atoms with Gasteiger partial charge in [-0.25, -0.2) is 4.98 Å². The van der Waals surface area contributed by atoms with Crippen molar-refractivity contribution in [3.63, 3.8) is 0 Å². The van der Waals surface area contributed by atoms with Gasteiger partial charge in [-0.3, -0.25) is 9.59 Å². The average molecular weight is 400 g/mol. The van der Waals surface area contributed by atoms with Crippen molar-refractivity contribution >= 4 is 52.4 Å². The molecule has 1 aliphatic heterocycles. The van der Waals surface area contributed by atoms with Crippen molar-refractivity contribution in [3.05, 3.63) is 35.5 Å². The van der Waals surface area contributed by atoms with Gasteiger partial charge >= 0.3 is 0 Å². The monoisotopic (exact) mass is 399 g/mol. The van der Waals surface area contributed by atoms with Crippen LogP contribution in [0, 0.1) is 5.92 Å². The normalized spacial score (nSPS) is 15.2. The van der Waals surface area contributed by atoms with E-state index in [-0.39, 0.29) is 17.6 Å². The Balaban J connectivity index is 1.81. The van der Waals surface area contributed by atoms with Crippen LogP contribution in [0.25, 0.3) is 0 Å². The lowest BCUT2D eigenvalue weighted by Gasteiger charge is -2.17. The van der Waals surface area contributed by atoms with Gasteiger partial charge in [0.2, 0.25) is 5.91 Å². The highest BCUT2D eigenvalue weighted by Crippen LogP contribution is 2.46. The molecule has 1 aromatic carbocycles. The van der Waals surface area contributed by atoms with Crippen molar-refractivity contribution in [2.24, 2.45) is 5.92 Å². The molecule has 7 heteroatoms. The van der Waals surface area contributed by atoms with Gasteiger partial charge in [0, 0.05) is 29.2 Å². The zero-order valence-electron chi connectivity index (χ0n) is 15.3. The molecule has 1 saturated carbocycles. The van der Waals surface area contributed by atoms with Gasteiger partial charge in [-0.15, -0.1) is 23.5 Å². The number of anilines is 3. The second-order valence-electron chi connectivity index (χ2n) is 6.67. The minimum atomic E-state index is 0.0198. The molecule has 2 heterocycles. The summed E-state index contributed by atoms with van der Waals surface area (Å²) in [6, 6.07) is 6.22. The van der Waals surface area contributed by atoms with Crippen molar-refractivity contribution in [1.29, 1.82) is 0 Å². The molecule has 0 saturated heterocycles. The first-order valence-electron chi connectivity index (χ1n) is 9.05. The van der Waals surface area contributed by atoms with Gasteiger partial charge < -0.3 is 10.6 Å². The van der Waals surface area contributed by atoms with Crippen LogP contribution in [-0.4, -0.2) is 22.9 Å². The molecule has 27 heavy (non-hydrogen) atoms. The fraction of sp³-hybridized carbons (Fsp3) is 0.350. The summed E-state index contributed by atoms with van der Waals surface area (Å²) in [7, 11) is 0. The number of nitrogens with one attached hydrogen (secondary N) is 2. The number of nitrogens with zero attached hydrogens (tertiary/aromatic N) is 1. The van der Waals surface area contributed by atoms with E-state index in [1.165, 1.54) is 5.56 Å². The first-order valence-corrected chi connectivity index (χ1v) is 11.3. The van der Waals surface area contributed by atoms with Gasteiger partial charge in [0.05, 0.1) is 21.8 Å². The number of carbonyl (C=O) groups is 2. The van der Waals surface area contributed by atoms with Crippen LogP contribution >= 0.6 is 23.5 Å². The summed E-state index contributed by atoms with van der Waals surface area (Å²) in [5.74, 6) is 1.46. The number of Topliss-reactive ketones (excluding diaryl/α,β-unsaturated/α-hetero) is 1. The Morgan fingerprint density at radius 1 is 1.33 bits per heavy atom. The molecule has 0 unspecified atom stereocenters. The number of aromatic nitrogens is 1. The van der Waals surface area contributed by atoms with Gasteiger partial charge in [-0.05, 0) is 30.7 Å². The molecule has 1 amide bonds. The molecule has 2 N–H and O–H groups in total. The molecule has 0 bridgehead atoms. The third-order valence-corrected chi connectivity index (χ3v) is 6.72. The second kappa shape index (κ2) is 7.56. The number of hydrogen-bond donors (Lipinski definition) is 2. The van der Waals surface area contributed by atoms with E-state index in [2.05, 4.69) is 33.8 Å². The molecular formula is C20H21N3O2S2. The zero-order valence-corrected chi connectivity index (χ0v) is 16.9. The van der Waals surface area contributed by atoms with Crippen molar-refractivity contribution in [2.75, 3.05) is 16.9 Å². The highest BCUT2D eigenvalue weighted by molar-refractivity contribution is 7.99. The summed E-state index contributed by atoms with van der Waals surface area (Å²) in [6.45, 7) is 1.85. The van der Waals surface area contributed by atoms with Crippen LogP contribution in [0.4, 0.5) is 17.2 Å². The van der Waals surface area contributed by atoms with E-state index in [1.54, 1.807) is 29.7 Å². The number of carbonyl (C=O) groups excluding carboxylic acids is 2. The summed E-state index contributed by atoms with van der Waals surface area (Å²) in [5.41, 5.74) is 3.55. The van der Waals surface area contributed by atoms with E-state index in [9.17, 15) is 9.59 Å². The standard InChI is InChI=1S/C20H21N3O2S2/c1-3-14(24)13-9-21-19(23-20(25)11-7-8-11)18-17(13)22-16-12(10-27-18)5-4-6-15(16)26-2/h4-6,9,11,22H,3,7-8,10H2,1-2H3,(H,21,23,25). The van der Waals surface area contributed by atoms with E-state index >= 15 is 0 Å². The molecule has 0 atom stereocenters. The molecule has 1 aromatic heterocycles. The van der Waals surface area contributed by atoms with Gasteiger partial charge in [-0.2, -0.15) is 0 Å². The Labute approximate surface area is 167 Å². The first-order chi connectivity index (χ1) is 13.1. The molecule has 0 radical (unpaired) electrons. The zero-order chi connectivity index (χ0) is 19.0. The van der Waals surface area contributed by atoms with Crippen molar-refractivity contribution in [1.82, 2.24) is 4.98 Å². The van der Waals surface area contributed by atoms with Gasteiger partial charge in [-0.1, -0.05) is 19.1 Å². The molecule has 1 fully saturated rings. The summed E-state index contributed by atoms with van der Waals surface area (Å²) >= 11 is 3.29. The van der Waals surface area contributed by atoms with Crippen LogP contribution in [0.1, 0.15) is 42.1 Å². The van der Waals surface area contributed by atoms with E-state index in [1.807, 2.05) is 13.2 Å². The molecule has 5 nitrogen and oxygen atoms in total. The number of rotatable bonds is 5. The van der Waals surface area contributed by atoms with Gasteiger partial charge in [0.1, 0.15) is 5.82 Å². The van der Waals surface area contributed by atoms with Crippen molar-refractivity contribution in [2.45, 2.75) is 41.7 Å². The number of benzene rings is 1. The van der Waals surface area contributed by atoms with E-state index < -0.39 is 0 Å². The van der Waals surface area contributed by atoms with E-state index in [0.717, 1.165) is 39.8 Å². The van der Waals surface area contributed by atoms with E-state index in [0.29, 0.717) is 17.8 Å². The number of thioether (sulfide) groups is 2. The SMILES string of the molecule is CCC(=O)c1cnc(NC(=O)C2CC2)c2c1Nc1c(cccc1SC)CS2. The Morgan fingerprint density at radius 2 is 2.15 bits per heavy atom. The number of para-hydroxylation sites is 1. The minimum absolute atomic E-state index is 0.0198. The van der Waals surface area contributed by atoms with Gasteiger partial charge in [0.25, 0.3) is 0 Å². The van der Waals surface area contributed by atoms with E-state index in [4.69, 9.17) is 0 Å². The maximum Gasteiger partial charge on any atom is 0.228 e. The Bertz CT molecular complexity index is 926. The first kappa shape index (κ1) is 18.4. The van der Waals surface area contributed by atoms with Crippen LogP contribution in [0.5, 0.6) is 0 Å². The van der Waals surface area contributed by atoms with Crippen LogP contribution in [-0.2, 0) is 10.5 Å². The lowest BCUT2D eigenvalue weighted by atomic mass is 10.1. The summed E-state index contributed by atoms with van der Waals surface area (Å²) in [6.07, 6.45) is 5.92. The largest absolute Gasteiger partial charge is 0.353 e. The maximum absolute atomic E-state index is 12.5. The maximum atomic E-state index is 12.5.